The predicted molar refractivity (Wildman–Crippen MR) is 85.4 cm³/mol. The third-order valence-electron chi connectivity index (χ3n) is 4.37. The molecule has 5 heteroatoms. The highest BCUT2D eigenvalue weighted by Crippen LogP contribution is 2.46. The summed E-state index contributed by atoms with van der Waals surface area (Å²) in [5, 5.41) is 9.67. The number of furan rings is 1. The highest BCUT2D eigenvalue weighted by atomic mass is 16.4. The molecule has 3 rings (SSSR count). The summed E-state index contributed by atoms with van der Waals surface area (Å²) in [6.07, 6.45) is 2.51. The van der Waals surface area contributed by atoms with Crippen LogP contribution in [0.5, 0.6) is 0 Å². The number of aliphatic carboxylic acids is 1. The van der Waals surface area contributed by atoms with Gasteiger partial charge in [0.25, 0.3) is 0 Å². The van der Waals surface area contributed by atoms with E-state index < -0.39 is 11.5 Å². The van der Waals surface area contributed by atoms with Crippen molar-refractivity contribution in [2.45, 2.75) is 38.6 Å². The van der Waals surface area contributed by atoms with E-state index in [2.05, 4.69) is 0 Å². The van der Waals surface area contributed by atoms with Gasteiger partial charge in [-0.2, -0.15) is 0 Å². The second kappa shape index (κ2) is 5.57. The van der Waals surface area contributed by atoms with E-state index in [0.29, 0.717) is 24.3 Å². The summed E-state index contributed by atoms with van der Waals surface area (Å²) in [6.45, 7) is 3.79. The average Bonchev–Trinajstić information content (AvgIpc) is 3.14. The molecule has 1 saturated carbocycles. The Kier molecular flexibility index (Phi) is 3.72. The van der Waals surface area contributed by atoms with Crippen LogP contribution in [0.3, 0.4) is 0 Å². The zero-order chi connectivity index (χ0) is 16.6. The summed E-state index contributed by atoms with van der Waals surface area (Å²) in [6, 6.07) is 9.14. The Morgan fingerprint density at radius 3 is 2.30 bits per heavy atom. The van der Waals surface area contributed by atoms with E-state index in [1.165, 1.54) is 11.2 Å². The molecule has 0 radical (unpaired) electrons. The molecule has 1 aliphatic carbocycles. The lowest BCUT2D eigenvalue weighted by Gasteiger charge is -2.31. The Morgan fingerprint density at radius 1 is 1.17 bits per heavy atom. The minimum atomic E-state index is -1.12. The molecule has 23 heavy (non-hydrogen) atoms. The predicted octanol–water partition coefficient (Wildman–Crippen LogP) is 3.09. The lowest BCUT2D eigenvalue weighted by atomic mass is 10.0. The van der Waals surface area contributed by atoms with Gasteiger partial charge in [0.1, 0.15) is 11.3 Å². The van der Waals surface area contributed by atoms with Crippen LogP contribution in [-0.2, 0) is 16.0 Å². The fourth-order valence-electron chi connectivity index (χ4n) is 3.03. The molecule has 1 fully saturated rings. The molecule has 5 nitrogen and oxygen atoms in total. The smallest absolute Gasteiger partial charge is 0.330 e. The van der Waals surface area contributed by atoms with Crippen LogP contribution in [0.1, 0.15) is 29.7 Å². The van der Waals surface area contributed by atoms with Crippen molar-refractivity contribution in [1.82, 2.24) is 0 Å². The normalized spacial score (nSPS) is 15.2. The molecule has 0 spiro atoms. The first-order valence-corrected chi connectivity index (χ1v) is 7.61. The van der Waals surface area contributed by atoms with E-state index in [9.17, 15) is 14.7 Å². The number of carboxylic acids is 1. The van der Waals surface area contributed by atoms with E-state index in [-0.39, 0.29) is 12.3 Å². The number of rotatable bonds is 5. The number of hydrogen-bond acceptors (Lipinski definition) is 3. The Hall–Kier alpha value is -2.56. The number of anilines is 1. The van der Waals surface area contributed by atoms with Crippen molar-refractivity contribution >= 4 is 17.6 Å². The molecule has 0 bridgehead atoms. The second-order valence-corrected chi connectivity index (χ2v) is 6.06. The molecule has 0 saturated heterocycles. The minimum Gasteiger partial charge on any atom is -0.479 e. The summed E-state index contributed by atoms with van der Waals surface area (Å²) in [5.74, 6) is -0.669. The Labute approximate surface area is 134 Å². The van der Waals surface area contributed by atoms with Crippen LogP contribution in [0, 0.1) is 13.8 Å². The van der Waals surface area contributed by atoms with Gasteiger partial charge in [-0.25, -0.2) is 4.79 Å². The maximum absolute atomic E-state index is 12.9. The summed E-state index contributed by atoms with van der Waals surface area (Å²) in [7, 11) is 0. The summed E-state index contributed by atoms with van der Waals surface area (Å²) >= 11 is 0. The fraction of sp³-hybridized carbons (Fsp3) is 0.333. The highest BCUT2D eigenvalue weighted by molar-refractivity contribution is 6.05. The maximum Gasteiger partial charge on any atom is 0.330 e. The first-order valence-electron chi connectivity index (χ1n) is 7.61. The van der Waals surface area contributed by atoms with Gasteiger partial charge in [-0.05, 0) is 49.9 Å². The number of carbonyl (C=O) groups is 2. The zero-order valence-electron chi connectivity index (χ0n) is 13.2. The molecule has 120 valence electrons. The number of carboxylic acid groups (broad SMARTS) is 1. The zero-order valence-corrected chi connectivity index (χ0v) is 13.2. The van der Waals surface area contributed by atoms with Gasteiger partial charge in [-0.3, -0.25) is 9.69 Å². The monoisotopic (exact) mass is 313 g/mol. The van der Waals surface area contributed by atoms with Crippen molar-refractivity contribution in [1.29, 1.82) is 0 Å². The topological polar surface area (TPSA) is 70.8 Å². The van der Waals surface area contributed by atoms with E-state index in [1.54, 1.807) is 12.1 Å². The second-order valence-electron chi connectivity index (χ2n) is 6.06. The molecule has 1 N–H and O–H groups in total. The van der Waals surface area contributed by atoms with E-state index in [0.717, 1.165) is 11.1 Å². The van der Waals surface area contributed by atoms with Gasteiger partial charge in [0.2, 0.25) is 5.91 Å². The van der Waals surface area contributed by atoms with Gasteiger partial charge in [0.15, 0.2) is 0 Å². The molecular formula is C18H19NO4. The SMILES string of the molecule is Cc1cccc(C)c1N(C(=O)Cc1ccco1)C1(C(=O)O)CC1. The number of aryl methyl sites for hydroxylation is 2. The van der Waals surface area contributed by atoms with Crippen LogP contribution in [0.25, 0.3) is 0 Å². The first kappa shape index (κ1) is 15.3. The number of carbonyl (C=O) groups excluding carboxylic acids is 1. The molecule has 2 aromatic rings. The Morgan fingerprint density at radius 2 is 1.83 bits per heavy atom. The average molecular weight is 313 g/mol. The number of benzene rings is 1. The van der Waals surface area contributed by atoms with Gasteiger partial charge in [-0.1, -0.05) is 18.2 Å². The van der Waals surface area contributed by atoms with E-state index in [1.807, 2.05) is 32.0 Å². The van der Waals surface area contributed by atoms with Crippen molar-refractivity contribution in [3.05, 3.63) is 53.5 Å². The number of nitrogens with zero attached hydrogens (tertiary/aromatic N) is 1. The van der Waals surface area contributed by atoms with Crippen LogP contribution in [0.4, 0.5) is 5.69 Å². The molecule has 0 atom stereocenters. The Balaban J connectivity index is 2.05. The minimum absolute atomic E-state index is 0.0514. The quantitative estimate of drug-likeness (QED) is 0.921. The molecule has 0 unspecified atom stereocenters. The standard InChI is InChI=1S/C18H19NO4/c1-12-5-3-6-13(2)16(12)19(18(8-9-18)17(21)22)15(20)11-14-7-4-10-23-14/h3-7,10H,8-9,11H2,1-2H3,(H,21,22). The van der Waals surface area contributed by atoms with Crippen LogP contribution in [0.15, 0.2) is 41.0 Å². The van der Waals surface area contributed by atoms with Gasteiger partial charge in [-0.15, -0.1) is 0 Å². The van der Waals surface area contributed by atoms with Crippen LogP contribution in [0.2, 0.25) is 0 Å². The number of amides is 1. The largest absolute Gasteiger partial charge is 0.479 e. The van der Waals surface area contributed by atoms with Crippen LogP contribution in [-0.4, -0.2) is 22.5 Å². The molecule has 1 aliphatic rings. The maximum atomic E-state index is 12.9. The van der Waals surface area contributed by atoms with Crippen molar-refractivity contribution in [2.24, 2.45) is 0 Å². The highest BCUT2D eigenvalue weighted by Gasteiger charge is 2.58. The van der Waals surface area contributed by atoms with Crippen molar-refractivity contribution < 1.29 is 19.1 Å². The fourth-order valence-corrected chi connectivity index (χ4v) is 3.03. The van der Waals surface area contributed by atoms with Crippen LogP contribution < -0.4 is 4.90 Å². The van der Waals surface area contributed by atoms with Crippen LogP contribution >= 0.6 is 0 Å². The lowest BCUT2D eigenvalue weighted by molar-refractivity contribution is -0.141. The summed E-state index contributed by atoms with van der Waals surface area (Å²) in [4.78, 5) is 26.2. The molecule has 1 amide bonds. The van der Waals surface area contributed by atoms with Crippen molar-refractivity contribution in [3.63, 3.8) is 0 Å². The van der Waals surface area contributed by atoms with Gasteiger partial charge in [0, 0.05) is 0 Å². The summed E-state index contributed by atoms with van der Waals surface area (Å²) in [5.41, 5.74) is 1.36. The van der Waals surface area contributed by atoms with Crippen molar-refractivity contribution in [2.75, 3.05) is 4.90 Å². The molecule has 1 aromatic carbocycles. The summed E-state index contributed by atoms with van der Waals surface area (Å²) < 4.78 is 5.25. The molecular weight excluding hydrogens is 294 g/mol. The lowest BCUT2D eigenvalue weighted by Crippen LogP contribution is -2.49. The molecule has 1 heterocycles. The van der Waals surface area contributed by atoms with Gasteiger partial charge in [0.05, 0.1) is 18.4 Å². The molecule has 0 aliphatic heterocycles. The van der Waals surface area contributed by atoms with Gasteiger partial charge < -0.3 is 9.52 Å². The van der Waals surface area contributed by atoms with E-state index >= 15 is 0 Å². The van der Waals surface area contributed by atoms with Crippen molar-refractivity contribution in [3.8, 4) is 0 Å². The van der Waals surface area contributed by atoms with Gasteiger partial charge >= 0.3 is 5.97 Å². The molecule has 1 aromatic heterocycles. The third-order valence-corrected chi connectivity index (χ3v) is 4.37. The number of hydrogen-bond donors (Lipinski definition) is 1. The number of para-hydroxylation sites is 1. The third kappa shape index (κ3) is 2.63. The van der Waals surface area contributed by atoms with E-state index in [4.69, 9.17) is 4.42 Å². The first-order chi connectivity index (χ1) is 11.0. The Bertz CT molecular complexity index is 724.